The number of unbranched alkanes of at least 4 members (excludes halogenated alkanes) is 1. The summed E-state index contributed by atoms with van der Waals surface area (Å²) in [5, 5.41) is 12.1. The minimum atomic E-state index is -0.177. The Bertz CT molecular complexity index is 2010. The van der Waals surface area contributed by atoms with Gasteiger partial charge < -0.3 is 83.0 Å². The van der Waals surface area contributed by atoms with Crippen LogP contribution < -0.4 is 26.2 Å². The second kappa shape index (κ2) is 41.6. The van der Waals surface area contributed by atoms with E-state index < -0.39 is 0 Å². The number of nitrogens with zero attached hydrogens (tertiary/aromatic N) is 1. The van der Waals surface area contributed by atoms with E-state index in [2.05, 4.69) is 33.1 Å². The molecule has 22 heteroatoms. The Morgan fingerprint density at radius 1 is 0.506 bits per heavy atom. The molecule has 430 valence electrons. The molecule has 5 rings (SSSR count). The summed E-state index contributed by atoms with van der Waals surface area (Å²) in [6.45, 7) is 11.8. The van der Waals surface area contributed by atoms with Gasteiger partial charge in [0.1, 0.15) is 0 Å². The van der Waals surface area contributed by atoms with Gasteiger partial charge in [-0.25, -0.2) is 4.79 Å². The zero-order valence-electron chi connectivity index (χ0n) is 44.8. The van der Waals surface area contributed by atoms with Crippen LogP contribution in [0.1, 0.15) is 55.2 Å². The average Bonchev–Trinajstić information content (AvgIpc) is 4.00. The molecule has 2 saturated heterocycles. The molecule has 3 heterocycles. The van der Waals surface area contributed by atoms with Crippen molar-refractivity contribution in [2.24, 2.45) is 0 Å². The van der Waals surface area contributed by atoms with Gasteiger partial charge in [-0.2, -0.15) is 11.8 Å². The number of para-hydroxylation sites is 1. The van der Waals surface area contributed by atoms with Crippen LogP contribution in [-0.4, -0.2) is 218 Å². The van der Waals surface area contributed by atoms with Crippen molar-refractivity contribution in [1.82, 2.24) is 21.3 Å². The lowest BCUT2D eigenvalue weighted by Gasteiger charge is -2.26. The van der Waals surface area contributed by atoms with Crippen molar-refractivity contribution >= 4 is 41.2 Å². The predicted octanol–water partition coefficient (Wildman–Crippen LogP) is 2.87. The highest BCUT2D eigenvalue weighted by atomic mass is 32.2. The number of anilines is 1. The van der Waals surface area contributed by atoms with Crippen molar-refractivity contribution in [2.45, 2.75) is 62.4 Å². The number of amides is 5. The number of urea groups is 1. The van der Waals surface area contributed by atoms with Crippen LogP contribution in [0.15, 0.2) is 48.5 Å². The Morgan fingerprint density at radius 2 is 0.948 bits per heavy atom. The van der Waals surface area contributed by atoms with Gasteiger partial charge in [0.15, 0.2) is 0 Å². The largest absolute Gasteiger partial charge is 0.379 e. The summed E-state index contributed by atoms with van der Waals surface area (Å²) >= 11 is 1.90. The standard InChI is InChI=1S/C55H83N5O16S/c61-51(12-6-5-11-50-54-48(44-77-50)58-55(64)59-54)57-18-20-66-22-24-68-26-28-70-30-32-72-34-36-74-38-40-76-42-41-75-39-37-73-35-33-71-31-29-69-27-25-67-23-21-65-19-16-52(62)56-17-15-53(63)60-43-47-9-2-1-7-45(47)13-14-46-8-3-4-10-49(46)60/h1-4,7-10,48,50,54H,5-6,11-12,15-44H2,(H,56,62)(H,57,61)(H2,58,59,64). The molecule has 2 aromatic rings. The van der Waals surface area contributed by atoms with Crippen molar-refractivity contribution in [3.05, 3.63) is 65.2 Å². The lowest BCUT2D eigenvalue weighted by molar-refractivity contribution is -0.123. The lowest BCUT2D eigenvalue weighted by atomic mass is 10.0. The zero-order chi connectivity index (χ0) is 54.1. The topological polar surface area (TPSA) is 230 Å². The first-order chi connectivity index (χ1) is 38.0. The first-order valence-corrected chi connectivity index (χ1v) is 28.2. The highest BCUT2D eigenvalue weighted by Crippen LogP contribution is 2.33. The normalized spacial score (nSPS) is 16.3. The number of carbonyl (C=O) groups is 4. The monoisotopic (exact) mass is 1100 g/mol. The number of rotatable bonds is 47. The van der Waals surface area contributed by atoms with Gasteiger partial charge in [0, 0.05) is 54.5 Å². The van der Waals surface area contributed by atoms with E-state index in [1.54, 1.807) is 4.90 Å². The van der Waals surface area contributed by atoms with Gasteiger partial charge in [-0.3, -0.25) is 14.4 Å². The van der Waals surface area contributed by atoms with Crippen molar-refractivity contribution in [1.29, 1.82) is 0 Å². The summed E-state index contributed by atoms with van der Waals surface area (Å²) in [7, 11) is 0. The molecule has 21 nitrogen and oxygen atoms in total. The number of nitrogens with one attached hydrogen (secondary N) is 4. The summed E-state index contributed by atoms with van der Waals surface area (Å²) in [6.07, 6.45) is 3.66. The summed E-state index contributed by atoms with van der Waals surface area (Å²) in [5.74, 6) is 7.14. The quantitative estimate of drug-likeness (QED) is 0.0424. The van der Waals surface area contributed by atoms with Gasteiger partial charge in [0.2, 0.25) is 17.7 Å². The molecule has 0 aromatic heterocycles. The molecule has 2 aromatic carbocycles. The molecule has 77 heavy (non-hydrogen) atoms. The van der Waals surface area contributed by atoms with E-state index in [-0.39, 0.29) is 61.8 Å². The third-order valence-corrected chi connectivity index (χ3v) is 13.6. The number of hydrogen-bond donors (Lipinski definition) is 4. The average molecular weight is 1100 g/mol. The number of fused-ring (bicyclic) bond motifs is 3. The Morgan fingerprint density at radius 3 is 1.49 bits per heavy atom. The van der Waals surface area contributed by atoms with Crippen LogP contribution in [0, 0.1) is 11.8 Å². The Kier molecular flexibility index (Phi) is 34.2. The Balaban J connectivity index is 0.651. The van der Waals surface area contributed by atoms with Gasteiger partial charge in [0.25, 0.3) is 0 Å². The minimum absolute atomic E-state index is 0.0361. The Labute approximate surface area is 458 Å². The molecule has 0 saturated carbocycles. The van der Waals surface area contributed by atoms with E-state index in [4.69, 9.17) is 56.8 Å². The molecule has 3 atom stereocenters. The van der Waals surface area contributed by atoms with Gasteiger partial charge in [-0.15, -0.1) is 0 Å². The van der Waals surface area contributed by atoms with Crippen LogP contribution in [0.2, 0.25) is 0 Å². The molecular formula is C55H83N5O16S. The van der Waals surface area contributed by atoms with Crippen molar-refractivity contribution in [3.63, 3.8) is 0 Å². The van der Waals surface area contributed by atoms with E-state index >= 15 is 0 Å². The smallest absolute Gasteiger partial charge is 0.315 e. The van der Waals surface area contributed by atoms with E-state index in [0.717, 1.165) is 47.4 Å². The molecule has 0 aliphatic carbocycles. The lowest BCUT2D eigenvalue weighted by Crippen LogP contribution is -2.36. The molecular weight excluding hydrogens is 1020 g/mol. The molecule has 4 N–H and O–H groups in total. The fourth-order valence-electron chi connectivity index (χ4n) is 8.05. The third-order valence-electron chi connectivity index (χ3n) is 12.0. The molecule has 5 amide bonds. The van der Waals surface area contributed by atoms with Crippen molar-refractivity contribution < 1.29 is 76.0 Å². The fraction of sp³-hybridized carbons (Fsp3) is 0.673. The first-order valence-electron chi connectivity index (χ1n) is 27.1. The van der Waals surface area contributed by atoms with Crippen LogP contribution in [0.25, 0.3) is 0 Å². The predicted molar refractivity (Wildman–Crippen MR) is 289 cm³/mol. The van der Waals surface area contributed by atoms with Crippen LogP contribution in [0.5, 0.6) is 0 Å². The maximum absolute atomic E-state index is 13.3. The van der Waals surface area contributed by atoms with E-state index in [1.165, 1.54) is 0 Å². The van der Waals surface area contributed by atoms with Gasteiger partial charge in [0.05, 0.1) is 183 Å². The number of thioether (sulfide) groups is 1. The number of hydrogen-bond acceptors (Lipinski definition) is 17. The molecule has 3 aliphatic rings. The summed E-state index contributed by atoms with van der Waals surface area (Å²) in [5.41, 5.74) is 3.45. The molecule has 3 aliphatic heterocycles. The Hall–Kier alpha value is -4.45. The number of carbonyl (C=O) groups excluding carboxylic acids is 4. The maximum Gasteiger partial charge on any atom is 0.315 e. The second-order valence-corrected chi connectivity index (χ2v) is 19.1. The van der Waals surface area contributed by atoms with E-state index in [1.807, 2.05) is 60.3 Å². The van der Waals surface area contributed by atoms with Crippen molar-refractivity contribution in [2.75, 3.05) is 182 Å². The second-order valence-electron chi connectivity index (χ2n) is 17.8. The highest BCUT2D eigenvalue weighted by Gasteiger charge is 2.42. The number of benzene rings is 2. The first kappa shape index (κ1) is 63.4. The van der Waals surface area contributed by atoms with Crippen LogP contribution >= 0.6 is 11.8 Å². The SMILES string of the molecule is O=C(CCCCC1SCC2NC(=O)NC21)NCCOCCOCCOCCOCCOCCOCCOCCOCCOCCOCCOCCOCCC(=O)NCCC(=O)N1Cc2ccccc2C#Cc2ccccc21. The summed E-state index contributed by atoms with van der Waals surface area (Å²) in [4.78, 5) is 51.0. The molecule has 0 radical (unpaired) electrons. The van der Waals surface area contributed by atoms with Gasteiger partial charge in [-0.1, -0.05) is 48.6 Å². The van der Waals surface area contributed by atoms with Crippen LogP contribution in [0.3, 0.4) is 0 Å². The molecule has 3 unspecified atom stereocenters. The van der Waals surface area contributed by atoms with E-state index in [0.29, 0.717) is 177 Å². The zero-order valence-corrected chi connectivity index (χ0v) is 45.6. The van der Waals surface area contributed by atoms with E-state index in [9.17, 15) is 19.2 Å². The summed E-state index contributed by atoms with van der Waals surface area (Å²) < 4.78 is 66.3. The molecule has 0 spiro atoms. The summed E-state index contributed by atoms with van der Waals surface area (Å²) in [6, 6.07) is 15.8. The fourth-order valence-corrected chi connectivity index (χ4v) is 9.59. The minimum Gasteiger partial charge on any atom is -0.379 e. The number of ether oxygens (including phenoxy) is 12. The van der Waals surface area contributed by atoms with Crippen LogP contribution in [-0.2, 0) is 77.8 Å². The molecule has 0 bridgehead atoms. The highest BCUT2D eigenvalue weighted by molar-refractivity contribution is 8.00. The molecule has 2 fully saturated rings. The van der Waals surface area contributed by atoms with Gasteiger partial charge in [-0.05, 0) is 36.6 Å². The van der Waals surface area contributed by atoms with Crippen molar-refractivity contribution in [3.8, 4) is 11.8 Å². The maximum atomic E-state index is 13.3. The van der Waals surface area contributed by atoms with Crippen LogP contribution in [0.4, 0.5) is 10.5 Å². The van der Waals surface area contributed by atoms with Gasteiger partial charge >= 0.3 is 6.03 Å². The third kappa shape index (κ3) is 28.3.